The van der Waals surface area contributed by atoms with Gasteiger partial charge in [0.15, 0.2) is 0 Å². The maximum absolute atomic E-state index is 11.4. The number of rotatable bonds is 3. The number of hydrogen-bond acceptors (Lipinski definition) is 3. The van der Waals surface area contributed by atoms with Crippen molar-refractivity contribution < 1.29 is 4.79 Å². The Hall–Kier alpha value is -0.980. The molecule has 0 aliphatic carbocycles. The molecule has 0 saturated heterocycles. The van der Waals surface area contributed by atoms with Crippen molar-refractivity contribution >= 4 is 60.9 Å². The largest absolute Gasteiger partial charge is 0.381 e. The second-order valence-corrected chi connectivity index (χ2v) is 7.38. The van der Waals surface area contributed by atoms with Crippen LogP contribution in [0.3, 0.4) is 0 Å². The highest BCUT2D eigenvalue weighted by Gasteiger charge is 2.15. The molecular formula is C15H12Br2N2OS. The number of thioether (sulfide) groups is 1. The van der Waals surface area contributed by atoms with Gasteiger partial charge in [-0.25, -0.2) is 0 Å². The number of amides is 1. The minimum absolute atomic E-state index is 0.0569. The minimum Gasteiger partial charge on any atom is -0.381 e. The summed E-state index contributed by atoms with van der Waals surface area (Å²) in [7, 11) is 0. The fraction of sp³-hybridized carbons (Fsp3) is 0.133. The molecular weight excluding hydrogens is 416 g/mol. The molecule has 2 aromatic carbocycles. The highest BCUT2D eigenvalue weighted by Crippen LogP contribution is 2.33. The first-order chi connectivity index (χ1) is 10.1. The molecule has 1 heterocycles. The highest BCUT2D eigenvalue weighted by atomic mass is 79.9. The molecule has 1 aliphatic rings. The summed E-state index contributed by atoms with van der Waals surface area (Å²) in [6, 6.07) is 12.2. The van der Waals surface area contributed by atoms with Crippen LogP contribution in [0.1, 0.15) is 5.56 Å². The zero-order valence-corrected chi connectivity index (χ0v) is 14.9. The molecule has 6 heteroatoms. The monoisotopic (exact) mass is 426 g/mol. The van der Waals surface area contributed by atoms with Crippen molar-refractivity contribution in [2.75, 3.05) is 16.4 Å². The van der Waals surface area contributed by atoms with Crippen LogP contribution < -0.4 is 10.6 Å². The van der Waals surface area contributed by atoms with E-state index in [0.717, 1.165) is 31.8 Å². The summed E-state index contributed by atoms with van der Waals surface area (Å²) < 4.78 is 2.08. The van der Waals surface area contributed by atoms with Gasteiger partial charge in [0.2, 0.25) is 5.91 Å². The third kappa shape index (κ3) is 3.62. The maximum atomic E-state index is 11.4. The summed E-state index contributed by atoms with van der Waals surface area (Å²) in [5.41, 5.74) is 3.06. The van der Waals surface area contributed by atoms with Crippen LogP contribution in [0.2, 0.25) is 0 Å². The molecule has 0 radical (unpaired) electrons. The van der Waals surface area contributed by atoms with Crippen LogP contribution in [0, 0.1) is 0 Å². The van der Waals surface area contributed by atoms with Crippen molar-refractivity contribution in [2.24, 2.45) is 0 Å². The van der Waals surface area contributed by atoms with Crippen molar-refractivity contribution in [3.05, 3.63) is 50.9 Å². The van der Waals surface area contributed by atoms with Crippen molar-refractivity contribution in [2.45, 2.75) is 11.4 Å². The zero-order valence-electron chi connectivity index (χ0n) is 11.0. The average molecular weight is 428 g/mol. The van der Waals surface area contributed by atoms with Gasteiger partial charge in [0.05, 0.1) is 11.4 Å². The van der Waals surface area contributed by atoms with Gasteiger partial charge in [0.1, 0.15) is 0 Å². The summed E-state index contributed by atoms with van der Waals surface area (Å²) in [6.07, 6.45) is 0. The molecule has 0 unspecified atom stereocenters. The lowest BCUT2D eigenvalue weighted by molar-refractivity contribution is -0.113. The molecule has 1 aliphatic heterocycles. The number of anilines is 2. The van der Waals surface area contributed by atoms with Gasteiger partial charge in [0.25, 0.3) is 0 Å². The van der Waals surface area contributed by atoms with E-state index in [-0.39, 0.29) is 5.91 Å². The van der Waals surface area contributed by atoms with Crippen LogP contribution >= 0.6 is 43.6 Å². The van der Waals surface area contributed by atoms with Gasteiger partial charge in [-0.05, 0) is 67.8 Å². The minimum atomic E-state index is 0.0569. The zero-order chi connectivity index (χ0) is 14.8. The predicted molar refractivity (Wildman–Crippen MR) is 95.0 cm³/mol. The van der Waals surface area contributed by atoms with E-state index in [1.807, 2.05) is 24.3 Å². The van der Waals surface area contributed by atoms with E-state index in [4.69, 9.17) is 0 Å². The van der Waals surface area contributed by atoms with Crippen molar-refractivity contribution in [1.82, 2.24) is 0 Å². The van der Waals surface area contributed by atoms with Crippen molar-refractivity contribution in [3.8, 4) is 0 Å². The molecule has 0 saturated carbocycles. The van der Waals surface area contributed by atoms with Crippen molar-refractivity contribution in [3.63, 3.8) is 0 Å². The summed E-state index contributed by atoms with van der Waals surface area (Å²) in [4.78, 5) is 12.5. The number of carbonyl (C=O) groups is 1. The van der Waals surface area contributed by atoms with Crippen molar-refractivity contribution in [1.29, 1.82) is 0 Å². The lowest BCUT2D eigenvalue weighted by Crippen LogP contribution is -2.18. The molecule has 3 nitrogen and oxygen atoms in total. The summed E-state index contributed by atoms with van der Waals surface area (Å²) >= 11 is 8.54. The smallest absolute Gasteiger partial charge is 0.234 e. The van der Waals surface area contributed by atoms with E-state index in [9.17, 15) is 4.79 Å². The Morgan fingerprint density at radius 3 is 2.81 bits per heavy atom. The van der Waals surface area contributed by atoms with Gasteiger partial charge in [-0.3, -0.25) is 4.79 Å². The van der Waals surface area contributed by atoms with Crippen LogP contribution in [0.25, 0.3) is 0 Å². The van der Waals surface area contributed by atoms with Gasteiger partial charge >= 0.3 is 0 Å². The van der Waals surface area contributed by atoms with E-state index in [0.29, 0.717) is 5.75 Å². The third-order valence-electron chi connectivity index (χ3n) is 3.09. The van der Waals surface area contributed by atoms with Gasteiger partial charge in [0, 0.05) is 26.1 Å². The van der Waals surface area contributed by atoms with Crippen LogP contribution in [-0.2, 0) is 11.3 Å². The topological polar surface area (TPSA) is 41.1 Å². The van der Waals surface area contributed by atoms with E-state index < -0.39 is 0 Å². The summed E-state index contributed by atoms with van der Waals surface area (Å²) in [5, 5.41) is 6.28. The standard InChI is InChI=1S/C15H12Br2N2OS/c16-11-3-1-9(5-12(11)17)7-18-10-2-4-14-13(6-10)19-15(20)8-21-14/h1-6,18H,7-8H2,(H,19,20). The quantitative estimate of drug-likeness (QED) is 0.734. The number of nitrogens with one attached hydrogen (secondary N) is 2. The first-order valence-electron chi connectivity index (χ1n) is 6.36. The predicted octanol–water partition coefficient (Wildman–Crippen LogP) is 4.87. The second kappa shape index (κ2) is 6.42. The van der Waals surface area contributed by atoms with Gasteiger partial charge in [-0.15, -0.1) is 11.8 Å². The first kappa shape index (κ1) is 14.9. The fourth-order valence-corrected chi connectivity index (χ4v) is 3.51. The Kier molecular flexibility index (Phi) is 4.57. The molecule has 1 amide bonds. The molecule has 3 rings (SSSR count). The molecule has 0 atom stereocenters. The van der Waals surface area contributed by atoms with E-state index in [1.165, 1.54) is 5.56 Å². The Labute approximate surface area is 144 Å². The molecule has 0 spiro atoms. The number of halogens is 2. The van der Waals surface area contributed by atoms with E-state index in [2.05, 4.69) is 54.6 Å². The second-order valence-electron chi connectivity index (χ2n) is 4.65. The fourth-order valence-electron chi connectivity index (χ4n) is 2.05. The normalized spacial score (nSPS) is 13.5. The lowest BCUT2D eigenvalue weighted by atomic mass is 10.2. The molecule has 21 heavy (non-hydrogen) atoms. The molecule has 0 bridgehead atoms. The Balaban J connectivity index is 1.72. The molecule has 108 valence electrons. The Morgan fingerprint density at radius 2 is 2.00 bits per heavy atom. The van der Waals surface area contributed by atoms with Gasteiger partial charge < -0.3 is 10.6 Å². The van der Waals surface area contributed by atoms with Crippen LogP contribution in [0.4, 0.5) is 11.4 Å². The maximum Gasteiger partial charge on any atom is 0.234 e. The molecule has 0 aromatic heterocycles. The van der Waals surface area contributed by atoms with E-state index >= 15 is 0 Å². The number of fused-ring (bicyclic) bond motifs is 1. The Bertz CT molecular complexity index is 706. The van der Waals surface area contributed by atoms with E-state index in [1.54, 1.807) is 11.8 Å². The summed E-state index contributed by atoms with van der Waals surface area (Å²) in [6.45, 7) is 0.728. The van der Waals surface area contributed by atoms with Gasteiger partial charge in [-0.1, -0.05) is 6.07 Å². The van der Waals surface area contributed by atoms with Crippen LogP contribution in [-0.4, -0.2) is 11.7 Å². The third-order valence-corrected chi connectivity index (χ3v) is 6.05. The Morgan fingerprint density at radius 1 is 1.14 bits per heavy atom. The number of hydrogen-bond donors (Lipinski definition) is 2. The van der Waals surface area contributed by atoms with Crippen LogP contribution in [0.15, 0.2) is 50.2 Å². The SMILES string of the molecule is O=C1CSc2ccc(NCc3ccc(Br)c(Br)c3)cc2N1. The highest BCUT2D eigenvalue weighted by molar-refractivity contribution is 9.13. The molecule has 2 N–H and O–H groups in total. The molecule has 2 aromatic rings. The molecule has 0 fully saturated rings. The summed E-state index contributed by atoms with van der Waals surface area (Å²) in [5.74, 6) is 0.550. The first-order valence-corrected chi connectivity index (χ1v) is 8.93. The number of benzene rings is 2. The van der Waals surface area contributed by atoms with Gasteiger partial charge in [-0.2, -0.15) is 0 Å². The lowest BCUT2D eigenvalue weighted by Gasteiger charge is -2.17. The van der Waals surface area contributed by atoms with Crippen LogP contribution in [0.5, 0.6) is 0 Å². The average Bonchev–Trinajstić information content (AvgIpc) is 2.48. The number of carbonyl (C=O) groups excluding carboxylic acids is 1.